The van der Waals surface area contributed by atoms with E-state index in [0.717, 1.165) is 0 Å². The standard InChI is InChI=1S/C18H15F3N4O3/c19-18(20,21)17(27)22-14(12-6-2-1-3-7-12)10-16(26)28-11-25-15-9-5-4-8-13(15)23-24-25/h1-9,14H,10-11H2,(H,22,27). The number of carbonyl (C=O) groups excluding carboxylic acids is 2. The van der Waals surface area contributed by atoms with E-state index < -0.39 is 30.5 Å². The smallest absolute Gasteiger partial charge is 0.442 e. The van der Waals surface area contributed by atoms with E-state index in [1.54, 1.807) is 42.5 Å². The van der Waals surface area contributed by atoms with Gasteiger partial charge >= 0.3 is 18.1 Å². The van der Waals surface area contributed by atoms with Gasteiger partial charge in [0.05, 0.1) is 18.0 Å². The van der Waals surface area contributed by atoms with Crippen LogP contribution in [0.5, 0.6) is 0 Å². The van der Waals surface area contributed by atoms with Crippen LogP contribution in [0.15, 0.2) is 54.6 Å². The van der Waals surface area contributed by atoms with E-state index in [2.05, 4.69) is 10.3 Å². The summed E-state index contributed by atoms with van der Waals surface area (Å²) in [5, 5.41) is 9.59. The van der Waals surface area contributed by atoms with Gasteiger partial charge in [0.1, 0.15) is 5.52 Å². The van der Waals surface area contributed by atoms with Gasteiger partial charge in [-0.25, -0.2) is 4.68 Å². The zero-order valence-corrected chi connectivity index (χ0v) is 14.4. The molecule has 28 heavy (non-hydrogen) atoms. The van der Waals surface area contributed by atoms with Gasteiger partial charge in [0, 0.05) is 0 Å². The summed E-state index contributed by atoms with van der Waals surface area (Å²) in [4.78, 5) is 23.5. The zero-order valence-electron chi connectivity index (χ0n) is 14.4. The van der Waals surface area contributed by atoms with Crippen molar-refractivity contribution in [3.8, 4) is 0 Å². The van der Waals surface area contributed by atoms with Crippen molar-refractivity contribution >= 4 is 22.9 Å². The van der Waals surface area contributed by atoms with Gasteiger partial charge in [0.2, 0.25) is 0 Å². The van der Waals surface area contributed by atoms with Gasteiger partial charge in [-0.2, -0.15) is 13.2 Å². The highest BCUT2D eigenvalue weighted by molar-refractivity contribution is 5.83. The number of carbonyl (C=O) groups is 2. The number of ether oxygens (including phenoxy) is 1. The number of hydrogen-bond acceptors (Lipinski definition) is 5. The SMILES string of the molecule is O=C(CC(NC(=O)C(F)(F)F)c1ccccc1)OCn1nnc2ccccc21. The molecule has 7 nitrogen and oxygen atoms in total. The van der Waals surface area contributed by atoms with Crippen LogP contribution in [0.25, 0.3) is 11.0 Å². The molecule has 0 aliphatic rings. The number of nitrogens with zero attached hydrogens (tertiary/aromatic N) is 3. The summed E-state index contributed by atoms with van der Waals surface area (Å²) in [6.07, 6.45) is -5.53. The molecule has 2 aromatic carbocycles. The summed E-state index contributed by atoms with van der Waals surface area (Å²) in [6.45, 7) is -0.256. The molecule has 3 aromatic rings. The van der Waals surface area contributed by atoms with Gasteiger partial charge in [0.15, 0.2) is 6.73 Å². The molecule has 0 saturated heterocycles. The van der Waals surface area contributed by atoms with E-state index in [4.69, 9.17) is 4.74 Å². The maximum atomic E-state index is 12.6. The van der Waals surface area contributed by atoms with Gasteiger partial charge < -0.3 is 10.1 Å². The lowest BCUT2D eigenvalue weighted by Gasteiger charge is -2.19. The Morgan fingerprint density at radius 3 is 2.46 bits per heavy atom. The molecule has 0 bridgehead atoms. The minimum Gasteiger partial charge on any atom is -0.442 e. The molecule has 1 N–H and O–H groups in total. The molecule has 0 saturated carbocycles. The van der Waals surface area contributed by atoms with Crippen molar-refractivity contribution in [3.63, 3.8) is 0 Å². The largest absolute Gasteiger partial charge is 0.471 e. The topological polar surface area (TPSA) is 86.1 Å². The second-order valence-electron chi connectivity index (χ2n) is 5.86. The molecule has 1 aromatic heterocycles. The quantitative estimate of drug-likeness (QED) is 0.652. The van der Waals surface area contributed by atoms with Crippen molar-refractivity contribution in [3.05, 3.63) is 60.2 Å². The summed E-state index contributed by atoms with van der Waals surface area (Å²) in [5.74, 6) is -2.92. The number of aromatic nitrogens is 3. The minimum absolute atomic E-state index is 0.256. The summed E-state index contributed by atoms with van der Waals surface area (Å²) in [5.41, 5.74) is 1.60. The molecule has 1 unspecified atom stereocenters. The third kappa shape index (κ3) is 4.64. The van der Waals surface area contributed by atoms with Crippen LogP contribution in [0.4, 0.5) is 13.2 Å². The summed E-state index contributed by atoms with van der Waals surface area (Å²) in [7, 11) is 0. The Hall–Kier alpha value is -3.43. The van der Waals surface area contributed by atoms with Crippen molar-refractivity contribution in [2.24, 2.45) is 0 Å². The van der Waals surface area contributed by atoms with Gasteiger partial charge in [0.25, 0.3) is 0 Å². The Morgan fingerprint density at radius 1 is 1.07 bits per heavy atom. The van der Waals surface area contributed by atoms with Gasteiger partial charge in [-0.1, -0.05) is 47.7 Å². The van der Waals surface area contributed by atoms with E-state index in [0.29, 0.717) is 16.6 Å². The molecule has 146 valence electrons. The molecule has 10 heteroatoms. The number of hydrogen-bond donors (Lipinski definition) is 1. The van der Waals surface area contributed by atoms with Crippen LogP contribution in [-0.4, -0.2) is 33.0 Å². The van der Waals surface area contributed by atoms with Crippen molar-refractivity contribution in [2.75, 3.05) is 0 Å². The van der Waals surface area contributed by atoms with Crippen LogP contribution in [-0.2, 0) is 21.1 Å². The van der Waals surface area contributed by atoms with E-state index >= 15 is 0 Å². The van der Waals surface area contributed by atoms with Crippen LogP contribution in [0, 0.1) is 0 Å². The summed E-state index contributed by atoms with van der Waals surface area (Å²) < 4.78 is 44.2. The van der Waals surface area contributed by atoms with E-state index in [1.807, 2.05) is 5.32 Å². The van der Waals surface area contributed by atoms with Crippen LogP contribution in [0.1, 0.15) is 18.0 Å². The Kier molecular flexibility index (Phi) is 5.57. The predicted octanol–water partition coefficient (Wildman–Crippen LogP) is 2.74. The fourth-order valence-electron chi connectivity index (χ4n) is 2.55. The zero-order chi connectivity index (χ0) is 20.1. The Bertz CT molecular complexity index is 973. The average Bonchev–Trinajstić information content (AvgIpc) is 3.09. The van der Waals surface area contributed by atoms with Crippen molar-refractivity contribution in [1.82, 2.24) is 20.3 Å². The molecule has 0 spiro atoms. The monoisotopic (exact) mass is 392 g/mol. The van der Waals surface area contributed by atoms with E-state index in [-0.39, 0.29) is 6.73 Å². The molecule has 1 amide bonds. The van der Waals surface area contributed by atoms with Crippen LogP contribution in [0.2, 0.25) is 0 Å². The first-order valence-electron chi connectivity index (χ1n) is 8.21. The molecular weight excluding hydrogens is 377 g/mol. The fourth-order valence-corrected chi connectivity index (χ4v) is 2.55. The number of rotatable bonds is 6. The lowest BCUT2D eigenvalue weighted by molar-refractivity contribution is -0.174. The molecule has 1 heterocycles. The fraction of sp³-hybridized carbons (Fsp3) is 0.222. The third-order valence-corrected chi connectivity index (χ3v) is 3.90. The maximum Gasteiger partial charge on any atom is 0.471 e. The average molecular weight is 392 g/mol. The van der Waals surface area contributed by atoms with E-state index in [1.165, 1.54) is 16.8 Å². The minimum atomic E-state index is -5.06. The molecule has 0 radical (unpaired) electrons. The Morgan fingerprint density at radius 2 is 1.75 bits per heavy atom. The van der Waals surface area contributed by atoms with Gasteiger partial charge in [-0.05, 0) is 17.7 Å². The number of halogens is 3. The van der Waals surface area contributed by atoms with Crippen molar-refractivity contribution in [2.45, 2.75) is 25.4 Å². The van der Waals surface area contributed by atoms with Gasteiger partial charge in [-0.3, -0.25) is 9.59 Å². The number of nitrogens with one attached hydrogen (secondary N) is 1. The number of para-hydroxylation sites is 1. The maximum absolute atomic E-state index is 12.6. The molecule has 0 aliphatic carbocycles. The van der Waals surface area contributed by atoms with Crippen LogP contribution < -0.4 is 5.32 Å². The van der Waals surface area contributed by atoms with Crippen LogP contribution in [0.3, 0.4) is 0 Å². The summed E-state index contributed by atoms with van der Waals surface area (Å²) >= 11 is 0. The Balaban J connectivity index is 1.67. The molecule has 1 atom stereocenters. The number of amides is 1. The Labute approximate surface area is 157 Å². The number of benzene rings is 2. The van der Waals surface area contributed by atoms with Crippen molar-refractivity contribution in [1.29, 1.82) is 0 Å². The lowest BCUT2D eigenvalue weighted by Crippen LogP contribution is -2.40. The highest BCUT2D eigenvalue weighted by atomic mass is 19.4. The number of fused-ring (bicyclic) bond motifs is 1. The number of esters is 1. The summed E-state index contributed by atoms with van der Waals surface area (Å²) in [6, 6.07) is 13.7. The van der Waals surface area contributed by atoms with Gasteiger partial charge in [-0.15, -0.1) is 5.10 Å². The number of alkyl halides is 3. The van der Waals surface area contributed by atoms with E-state index in [9.17, 15) is 22.8 Å². The first kappa shape index (κ1) is 19.3. The highest BCUT2D eigenvalue weighted by Gasteiger charge is 2.40. The van der Waals surface area contributed by atoms with Crippen molar-refractivity contribution < 1.29 is 27.5 Å². The third-order valence-electron chi connectivity index (χ3n) is 3.90. The first-order valence-corrected chi connectivity index (χ1v) is 8.21. The normalized spacial score (nSPS) is 12.5. The van der Waals surface area contributed by atoms with Crippen LogP contribution >= 0.6 is 0 Å². The predicted molar refractivity (Wildman–Crippen MR) is 91.6 cm³/mol. The first-order chi connectivity index (χ1) is 13.3. The highest BCUT2D eigenvalue weighted by Crippen LogP contribution is 2.21. The molecular formula is C18H15F3N4O3. The molecule has 0 fully saturated rings. The second-order valence-corrected chi connectivity index (χ2v) is 5.86. The lowest BCUT2D eigenvalue weighted by atomic mass is 10.0. The molecule has 0 aliphatic heterocycles. The molecule has 3 rings (SSSR count). The second kappa shape index (κ2) is 8.07.